The van der Waals surface area contributed by atoms with Crippen LogP contribution in [0.2, 0.25) is 0 Å². The third-order valence-electron chi connectivity index (χ3n) is 2.51. The monoisotopic (exact) mass is 220 g/mol. The molecule has 2 aromatic rings. The standard InChI is InChI=1S/C10H12N4S/c11-6-1-2-8-9(3-6)14-10(13-8)15-7-4-12-5-7/h1-3,7,12H,4-5,11H2,(H,13,14). The molecule has 4 nitrogen and oxygen atoms in total. The number of imidazole rings is 1. The molecule has 0 atom stereocenters. The van der Waals surface area contributed by atoms with Crippen LogP contribution in [0, 0.1) is 0 Å². The van der Waals surface area contributed by atoms with Gasteiger partial charge in [-0.2, -0.15) is 0 Å². The van der Waals surface area contributed by atoms with E-state index >= 15 is 0 Å². The Morgan fingerprint density at radius 1 is 1.40 bits per heavy atom. The van der Waals surface area contributed by atoms with Crippen molar-refractivity contribution in [3.8, 4) is 0 Å². The van der Waals surface area contributed by atoms with Crippen LogP contribution in [-0.4, -0.2) is 28.3 Å². The Balaban J connectivity index is 1.91. The van der Waals surface area contributed by atoms with E-state index in [2.05, 4.69) is 15.3 Å². The highest BCUT2D eigenvalue weighted by atomic mass is 32.2. The van der Waals surface area contributed by atoms with Crippen molar-refractivity contribution < 1.29 is 0 Å². The lowest BCUT2D eigenvalue weighted by molar-refractivity contribution is 0.543. The number of H-pyrrole nitrogens is 1. The predicted octanol–water partition coefficient (Wildman–Crippen LogP) is 1.21. The third kappa shape index (κ3) is 1.68. The highest BCUT2D eigenvalue weighted by molar-refractivity contribution is 7.99. The predicted molar refractivity (Wildman–Crippen MR) is 63.0 cm³/mol. The van der Waals surface area contributed by atoms with Crippen LogP contribution >= 0.6 is 11.8 Å². The highest BCUT2D eigenvalue weighted by Crippen LogP contribution is 2.25. The van der Waals surface area contributed by atoms with Gasteiger partial charge in [-0.05, 0) is 18.2 Å². The second kappa shape index (κ2) is 3.43. The van der Waals surface area contributed by atoms with Crippen molar-refractivity contribution in [3.05, 3.63) is 18.2 Å². The lowest BCUT2D eigenvalue weighted by atomic mass is 10.3. The summed E-state index contributed by atoms with van der Waals surface area (Å²) in [6.07, 6.45) is 0. The van der Waals surface area contributed by atoms with Crippen molar-refractivity contribution in [2.75, 3.05) is 18.8 Å². The van der Waals surface area contributed by atoms with Gasteiger partial charge >= 0.3 is 0 Å². The molecule has 0 radical (unpaired) electrons. The number of aromatic nitrogens is 2. The van der Waals surface area contributed by atoms with Crippen LogP contribution in [-0.2, 0) is 0 Å². The number of nitrogen functional groups attached to an aromatic ring is 1. The van der Waals surface area contributed by atoms with E-state index < -0.39 is 0 Å². The number of hydrogen-bond acceptors (Lipinski definition) is 4. The molecule has 1 aliphatic rings. The maximum atomic E-state index is 5.71. The number of hydrogen-bond donors (Lipinski definition) is 3. The number of rotatable bonds is 2. The van der Waals surface area contributed by atoms with Gasteiger partial charge in [-0.1, -0.05) is 11.8 Å². The fourth-order valence-electron chi connectivity index (χ4n) is 1.56. The molecule has 0 bridgehead atoms. The minimum atomic E-state index is 0.655. The summed E-state index contributed by atoms with van der Waals surface area (Å²) < 4.78 is 0. The summed E-state index contributed by atoms with van der Waals surface area (Å²) in [5.41, 5.74) is 8.48. The fraction of sp³-hybridized carbons (Fsp3) is 0.300. The molecular formula is C10H12N4S. The minimum absolute atomic E-state index is 0.655. The van der Waals surface area contributed by atoms with E-state index in [9.17, 15) is 0 Å². The van der Waals surface area contributed by atoms with Crippen LogP contribution in [0.4, 0.5) is 5.69 Å². The normalized spacial score (nSPS) is 16.8. The number of nitrogens with zero attached hydrogens (tertiary/aromatic N) is 1. The number of nitrogens with one attached hydrogen (secondary N) is 2. The van der Waals surface area contributed by atoms with Gasteiger partial charge in [0.1, 0.15) is 0 Å². The molecule has 0 saturated carbocycles. The Hall–Kier alpha value is -1.20. The lowest BCUT2D eigenvalue weighted by Gasteiger charge is -2.24. The first-order valence-electron chi connectivity index (χ1n) is 4.94. The van der Waals surface area contributed by atoms with Gasteiger partial charge in [-0.15, -0.1) is 0 Å². The first-order chi connectivity index (χ1) is 7.31. The fourth-order valence-corrected chi connectivity index (χ4v) is 2.60. The molecule has 1 fully saturated rings. The van der Waals surface area contributed by atoms with Gasteiger partial charge in [-0.25, -0.2) is 4.98 Å². The van der Waals surface area contributed by atoms with Crippen molar-refractivity contribution >= 4 is 28.5 Å². The Labute approximate surface area is 91.6 Å². The first-order valence-corrected chi connectivity index (χ1v) is 5.82. The van der Waals surface area contributed by atoms with Gasteiger partial charge in [0.05, 0.1) is 11.0 Å². The minimum Gasteiger partial charge on any atom is -0.399 e. The SMILES string of the molecule is Nc1ccc2nc(SC3CNC3)[nH]c2c1. The van der Waals surface area contributed by atoms with E-state index in [1.165, 1.54) is 0 Å². The van der Waals surface area contributed by atoms with E-state index in [0.717, 1.165) is 35.0 Å². The van der Waals surface area contributed by atoms with Gasteiger partial charge in [0.2, 0.25) is 0 Å². The lowest BCUT2D eigenvalue weighted by Crippen LogP contribution is -2.44. The molecule has 0 spiro atoms. The van der Waals surface area contributed by atoms with Crippen LogP contribution in [0.1, 0.15) is 0 Å². The zero-order valence-corrected chi connectivity index (χ0v) is 8.97. The Morgan fingerprint density at radius 2 is 2.27 bits per heavy atom. The molecule has 1 aliphatic heterocycles. The van der Waals surface area contributed by atoms with E-state index in [-0.39, 0.29) is 0 Å². The Kier molecular flexibility index (Phi) is 2.07. The number of aromatic amines is 1. The Morgan fingerprint density at radius 3 is 3.00 bits per heavy atom. The van der Waals surface area contributed by atoms with Crippen LogP contribution in [0.25, 0.3) is 11.0 Å². The van der Waals surface area contributed by atoms with Crippen molar-refractivity contribution in [2.24, 2.45) is 0 Å². The smallest absolute Gasteiger partial charge is 0.166 e. The van der Waals surface area contributed by atoms with E-state index in [0.29, 0.717) is 5.25 Å². The molecule has 1 aromatic heterocycles. The summed E-state index contributed by atoms with van der Waals surface area (Å²) in [5, 5.41) is 4.89. The van der Waals surface area contributed by atoms with Crippen LogP contribution < -0.4 is 11.1 Å². The van der Waals surface area contributed by atoms with Crippen molar-refractivity contribution in [1.82, 2.24) is 15.3 Å². The number of fused-ring (bicyclic) bond motifs is 1. The van der Waals surface area contributed by atoms with Gasteiger partial charge in [0.25, 0.3) is 0 Å². The molecule has 0 amide bonds. The number of nitrogens with two attached hydrogens (primary N) is 1. The van der Waals surface area contributed by atoms with Crippen molar-refractivity contribution in [1.29, 1.82) is 0 Å². The highest BCUT2D eigenvalue weighted by Gasteiger charge is 2.19. The summed E-state index contributed by atoms with van der Waals surface area (Å²) in [6, 6.07) is 5.75. The zero-order chi connectivity index (χ0) is 10.3. The van der Waals surface area contributed by atoms with Gasteiger partial charge in [-0.3, -0.25) is 0 Å². The van der Waals surface area contributed by atoms with Crippen LogP contribution in [0.5, 0.6) is 0 Å². The van der Waals surface area contributed by atoms with E-state index in [4.69, 9.17) is 5.73 Å². The zero-order valence-electron chi connectivity index (χ0n) is 8.16. The van der Waals surface area contributed by atoms with Crippen molar-refractivity contribution in [2.45, 2.75) is 10.4 Å². The molecule has 3 rings (SSSR count). The second-order valence-electron chi connectivity index (χ2n) is 3.72. The summed E-state index contributed by atoms with van der Waals surface area (Å²) in [7, 11) is 0. The first kappa shape index (κ1) is 9.06. The summed E-state index contributed by atoms with van der Waals surface area (Å²) in [6.45, 7) is 2.15. The summed E-state index contributed by atoms with van der Waals surface area (Å²) in [4.78, 5) is 7.78. The van der Waals surface area contributed by atoms with Crippen molar-refractivity contribution in [3.63, 3.8) is 0 Å². The van der Waals surface area contributed by atoms with Gasteiger partial charge in [0.15, 0.2) is 5.16 Å². The van der Waals surface area contributed by atoms with Crippen LogP contribution in [0.3, 0.4) is 0 Å². The summed E-state index contributed by atoms with van der Waals surface area (Å²) in [5.74, 6) is 0. The average molecular weight is 220 g/mol. The number of benzene rings is 1. The molecule has 15 heavy (non-hydrogen) atoms. The molecule has 78 valence electrons. The quantitative estimate of drug-likeness (QED) is 0.665. The topological polar surface area (TPSA) is 66.7 Å². The second-order valence-corrected chi connectivity index (χ2v) is 5.01. The number of thioether (sulfide) groups is 1. The Bertz CT molecular complexity index is 489. The van der Waals surface area contributed by atoms with E-state index in [1.807, 2.05) is 18.2 Å². The number of anilines is 1. The molecule has 1 saturated heterocycles. The van der Waals surface area contributed by atoms with Gasteiger partial charge < -0.3 is 16.0 Å². The third-order valence-corrected chi connectivity index (χ3v) is 3.59. The van der Waals surface area contributed by atoms with E-state index in [1.54, 1.807) is 11.8 Å². The maximum absolute atomic E-state index is 5.71. The molecule has 0 aliphatic carbocycles. The molecule has 1 aromatic carbocycles. The average Bonchev–Trinajstić information content (AvgIpc) is 2.53. The molecular weight excluding hydrogens is 208 g/mol. The molecule has 2 heterocycles. The largest absolute Gasteiger partial charge is 0.399 e. The molecule has 4 N–H and O–H groups in total. The maximum Gasteiger partial charge on any atom is 0.166 e. The molecule has 0 unspecified atom stereocenters. The summed E-state index contributed by atoms with van der Waals surface area (Å²) >= 11 is 1.79. The van der Waals surface area contributed by atoms with Crippen LogP contribution in [0.15, 0.2) is 23.4 Å². The molecule has 5 heteroatoms. The van der Waals surface area contributed by atoms with Gasteiger partial charge in [0, 0.05) is 24.0 Å².